The van der Waals surface area contributed by atoms with Crippen LogP contribution in [0, 0.1) is 0 Å². The summed E-state index contributed by atoms with van der Waals surface area (Å²) in [5.74, 6) is 0.240. The van der Waals surface area contributed by atoms with Crippen molar-refractivity contribution < 1.29 is 23.7 Å². The molecule has 0 radical (unpaired) electrons. The molecule has 2 saturated heterocycles. The van der Waals surface area contributed by atoms with E-state index in [2.05, 4.69) is 5.32 Å². The predicted octanol–water partition coefficient (Wildman–Crippen LogP) is 0.746. The topological polar surface area (TPSA) is 66.0 Å². The molecule has 0 spiro atoms. The number of carbonyl (C=O) groups is 1. The third-order valence-electron chi connectivity index (χ3n) is 3.37. The zero-order valence-corrected chi connectivity index (χ0v) is 13.4. The molecule has 0 unspecified atom stereocenters. The van der Waals surface area contributed by atoms with Crippen molar-refractivity contribution in [2.45, 2.75) is 56.3 Å². The number of nitrogens with one attached hydrogen (secondary N) is 1. The number of carbonyl (C=O) groups excluding carboxylic acids is 1. The number of methoxy groups -OCH3 is 2. The third kappa shape index (κ3) is 3.65. The van der Waals surface area contributed by atoms with Crippen molar-refractivity contribution in [2.75, 3.05) is 20.0 Å². The summed E-state index contributed by atoms with van der Waals surface area (Å²) in [6, 6.07) is -0.407. The predicted molar refractivity (Wildman–Crippen MR) is 75.5 cm³/mol. The Bertz CT molecular complexity index is 357. The van der Waals surface area contributed by atoms with Crippen molar-refractivity contribution in [2.24, 2.45) is 0 Å². The van der Waals surface area contributed by atoms with Crippen LogP contribution in [0.4, 0.5) is 0 Å². The monoisotopic (exact) mass is 305 g/mol. The van der Waals surface area contributed by atoms with Gasteiger partial charge in [0.1, 0.15) is 18.2 Å². The van der Waals surface area contributed by atoms with Crippen LogP contribution in [0.15, 0.2) is 0 Å². The Hall–Kier alpha value is -0.340. The lowest BCUT2D eigenvalue weighted by Crippen LogP contribution is -2.55. The maximum absolute atomic E-state index is 11.5. The van der Waals surface area contributed by atoms with Crippen LogP contribution in [0.1, 0.15) is 20.8 Å². The number of ether oxygens (including phenoxy) is 4. The van der Waals surface area contributed by atoms with E-state index in [1.807, 2.05) is 25.6 Å². The van der Waals surface area contributed by atoms with Crippen LogP contribution in [0.3, 0.4) is 0 Å². The number of thioether (sulfide) groups is 1. The van der Waals surface area contributed by atoms with E-state index in [1.165, 1.54) is 6.92 Å². The molecular formula is C13H23NO5S. The SMILES string of the molecule is COC(OC)[C@H](NC(C)=O)[C@H]1OC(C)(C)O[C@@H]1[C@H]1CS1. The molecule has 0 aromatic carbocycles. The molecule has 2 aliphatic heterocycles. The van der Waals surface area contributed by atoms with Gasteiger partial charge in [0.25, 0.3) is 0 Å². The first-order valence-corrected chi connectivity index (χ1v) is 7.73. The van der Waals surface area contributed by atoms with Crippen molar-refractivity contribution in [3.05, 3.63) is 0 Å². The lowest BCUT2D eigenvalue weighted by atomic mass is 10.0. The number of amides is 1. The highest BCUT2D eigenvalue weighted by molar-refractivity contribution is 8.06. The summed E-state index contributed by atoms with van der Waals surface area (Å²) in [7, 11) is 3.09. The normalized spacial score (nSPS) is 33.2. The minimum absolute atomic E-state index is 0.0698. The van der Waals surface area contributed by atoms with E-state index < -0.39 is 18.1 Å². The molecule has 20 heavy (non-hydrogen) atoms. The number of rotatable bonds is 6. The fourth-order valence-electron chi connectivity index (χ4n) is 2.56. The summed E-state index contributed by atoms with van der Waals surface area (Å²) in [6.07, 6.45) is -0.939. The van der Waals surface area contributed by atoms with Gasteiger partial charge < -0.3 is 24.3 Å². The fraction of sp³-hybridized carbons (Fsp3) is 0.923. The molecule has 4 atom stereocenters. The highest BCUT2D eigenvalue weighted by Gasteiger charge is 2.53. The van der Waals surface area contributed by atoms with Gasteiger partial charge in [-0.05, 0) is 13.8 Å². The molecule has 2 heterocycles. The van der Waals surface area contributed by atoms with Gasteiger partial charge in [-0.3, -0.25) is 4.79 Å². The summed E-state index contributed by atoms with van der Waals surface area (Å²) in [6.45, 7) is 5.23. The van der Waals surface area contributed by atoms with Crippen LogP contribution in [0.5, 0.6) is 0 Å². The van der Waals surface area contributed by atoms with E-state index in [1.54, 1.807) is 14.2 Å². The van der Waals surface area contributed by atoms with Gasteiger partial charge >= 0.3 is 0 Å². The highest BCUT2D eigenvalue weighted by atomic mass is 32.2. The summed E-state index contributed by atoms with van der Waals surface area (Å²) in [5.41, 5.74) is 0. The number of hydrogen-bond acceptors (Lipinski definition) is 6. The van der Waals surface area contributed by atoms with Gasteiger partial charge in [0.15, 0.2) is 12.1 Å². The van der Waals surface area contributed by atoms with E-state index in [0.717, 1.165) is 5.75 Å². The Morgan fingerprint density at radius 2 is 1.95 bits per heavy atom. The Morgan fingerprint density at radius 1 is 1.35 bits per heavy atom. The lowest BCUT2D eigenvalue weighted by molar-refractivity contribution is -0.175. The quantitative estimate of drug-likeness (QED) is 0.577. The molecule has 116 valence electrons. The molecule has 0 aromatic rings. The molecule has 6 nitrogen and oxygen atoms in total. The molecule has 2 fully saturated rings. The van der Waals surface area contributed by atoms with E-state index in [-0.39, 0.29) is 18.1 Å². The molecule has 1 amide bonds. The van der Waals surface area contributed by atoms with Crippen molar-refractivity contribution in [1.82, 2.24) is 5.32 Å². The molecule has 0 bridgehead atoms. The zero-order valence-electron chi connectivity index (χ0n) is 12.5. The maximum Gasteiger partial charge on any atom is 0.217 e. The average Bonchev–Trinajstić information content (AvgIpc) is 3.13. The first-order chi connectivity index (χ1) is 9.38. The van der Waals surface area contributed by atoms with Gasteiger partial charge in [-0.25, -0.2) is 0 Å². The fourth-order valence-corrected chi connectivity index (χ4v) is 3.26. The van der Waals surface area contributed by atoms with Crippen LogP contribution in [0.2, 0.25) is 0 Å². The van der Waals surface area contributed by atoms with Gasteiger partial charge in [0.2, 0.25) is 5.91 Å². The van der Waals surface area contributed by atoms with E-state index in [9.17, 15) is 4.79 Å². The summed E-state index contributed by atoms with van der Waals surface area (Å²) in [4.78, 5) is 11.5. The van der Waals surface area contributed by atoms with Gasteiger partial charge in [-0.1, -0.05) is 0 Å². The van der Waals surface area contributed by atoms with Crippen LogP contribution < -0.4 is 5.32 Å². The Morgan fingerprint density at radius 3 is 2.40 bits per heavy atom. The first-order valence-electron chi connectivity index (χ1n) is 6.68. The second-order valence-corrected chi connectivity index (χ2v) is 6.77. The van der Waals surface area contributed by atoms with Crippen molar-refractivity contribution in [3.63, 3.8) is 0 Å². The van der Waals surface area contributed by atoms with Gasteiger partial charge in [-0.15, -0.1) is 0 Å². The Balaban J connectivity index is 2.18. The van der Waals surface area contributed by atoms with Gasteiger partial charge in [0, 0.05) is 32.1 Å². The summed E-state index contributed by atoms with van der Waals surface area (Å²) >= 11 is 1.83. The molecule has 2 rings (SSSR count). The number of hydrogen-bond donors (Lipinski definition) is 1. The van der Waals surface area contributed by atoms with Gasteiger partial charge in [-0.2, -0.15) is 11.8 Å². The minimum Gasteiger partial charge on any atom is -0.354 e. The van der Waals surface area contributed by atoms with Crippen molar-refractivity contribution in [3.8, 4) is 0 Å². The lowest BCUT2D eigenvalue weighted by Gasteiger charge is -2.31. The molecule has 0 saturated carbocycles. The molecule has 0 aromatic heterocycles. The second kappa shape index (κ2) is 6.19. The third-order valence-corrected chi connectivity index (χ3v) is 4.36. The zero-order chi connectivity index (χ0) is 14.9. The largest absolute Gasteiger partial charge is 0.354 e. The van der Waals surface area contributed by atoms with Crippen LogP contribution in [-0.4, -0.2) is 61.5 Å². The maximum atomic E-state index is 11.5. The first kappa shape index (κ1) is 16.0. The van der Waals surface area contributed by atoms with Gasteiger partial charge in [0.05, 0.1) is 0 Å². The van der Waals surface area contributed by atoms with Crippen molar-refractivity contribution >= 4 is 17.7 Å². The van der Waals surface area contributed by atoms with Crippen LogP contribution >= 0.6 is 11.8 Å². The van der Waals surface area contributed by atoms with E-state index >= 15 is 0 Å². The van der Waals surface area contributed by atoms with Crippen LogP contribution in [-0.2, 0) is 23.7 Å². The standard InChI is InChI=1S/C13H23NO5S/c1-7(15)14-9(12(16-4)17-5)11-10(8-6-20-8)18-13(2,3)19-11/h8-12H,6H2,1-5H3,(H,14,15)/t8-,9-,10-,11-/m1/s1. The Labute approximate surface area is 123 Å². The molecule has 7 heteroatoms. The van der Waals surface area contributed by atoms with E-state index in [0.29, 0.717) is 5.25 Å². The molecular weight excluding hydrogens is 282 g/mol. The van der Waals surface area contributed by atoms with Crippen LogP contribution in [0.25, 0.3) is 0 Å². The minimum atomic E-state index is -0.665. The summed E-state index contributed by atoms with van der Waals surface area (Å²) < 4.78 is 22.6. The molecule has 1 N–H and O–H groups in total. The highest BCUT2D eigenvalue weighted by Crippen LogP contribution is 2.43. The Kier molecular flexibility index (Phi) is 4.96. The second-order valence-electron chi connectivity index (χ2n) is 5.50. The summed E-state index contributed by atoms with van der Waals surface area (Å²) in [5, 5.41) is 3.28. The molecule has 0 aliphatic carbocycles. The smallest absolute Gasteiger partial charge is 0.217 e. The molecule has 2 aliphatic rings. The van der Waals surface area contributed by atoms with E-state index in [4.69, 9.17) is 18.9 Å². The average molecular weight is 305 g/mol. The van der Waals surface area contributed by atoms with Crippen molar-refractivity contribution in [1.29, 1.82) is 0 Å².